The zero-order chi connectivity index (χ0) is 16.8. The van der Waals surface area contributed by atoms with Gasteiger partial charge in [-0.05, 0) is 68.0 Å². The van der Waals surface area contributed by atoms with Crippen LogP contribution in [0, 0.1) is 5.92 Å². The van der Waals surface area contributed by atoms with Crippen LogP contribution in [0.4, 0.5) is 5.69 Å². The molecule has 0 saturated carbocycles. The first-order valence-corrected chi connectivity index (χ1v) is 9.00. The van der Waals surface area contributed by atoms with Crippen molar-refractivity contribution in [2.24, 2.45) is 5.92 Å². The van der Waals surface area contributed by atoms with Crippen molar-refractivity contribution in [3.63, 3.8) is 0 Å². The molecule has 3 heteroatoms. The van der Waals surface area contributed by atoms with E-state index in [9.17, 15) is 5.11 Å². The van der Waals surface area contributed by atoms with Gasteiger partial charge in [0.05, 0.1) is 6.10 Å². The summed E-state index contributed by atoms with van der Waals surface area (Å²) in [7, 11) is 0. The lowest BCUT2D eigenvalue weighted by atomic mass is 9.90. The lowest BCUT2D eigenvalue weighted by molar-refractivity contribution is 0.123. The Morgan fingerprint density at radius 2 is 1.67 bits per heavy atom. The molecule has 1 aliphatic heterocycles. The molecule has 3 N–H and O–H groups in total. The number of benzene rings is 2. The number of hydrogen-bond donors (Lipinski definition) is 2. The van der Waals surface area contributed by atoms with Crippen molar-refractivity contribution in [3.8, 4) is 0 Å². The van der Waals surface area contributed by atoms with E-state index in [2.05, 4.69) is 35.2 Å². The number of likely N-dealkylation sites (tertiary alicyclic amines) is 1. The molecule has 1 heterocycles. The summed E-state index contributed by atoms with van der Waals surface area (Å²) in [5.41, 5.74) is 8.85. The molecule has 128 valence electrons. The van der Waals surface area contributed by atoms with Gasteiger partial charge in [0.1, 0.15) is 0 Å². The van der Waals surface area contributed by atoms with Gasteiger partial charge < -0.3 is 15.7 Å². The molecule has 0 aromatic heterocycles. The second-order valence-electron chi connectivity index (χ2n) is 6.95. The molecule has 24 heavy (non-hydrogen) atoms. The van der Waals surface area contributed by atoms with E-state index in [1.807, 2.05) is 24.3 Å². The van der Waals surface area contributed by atoms with Crippen molar-refractivity contribution in [1.29, 1.82) is 0 Å². The van der Waals surface area contributed by atoms with Crippen LogP contribution in [0.3, 0.4) is 0 Å². The number of piperidine rings is 1. The number of aliphatic hydroxyl groups is 1. The molecular weight excluding hydrogens is 296 g/mol. The molecule has 0 aliphatic carbocycles. The normalized spacial score (nSPS) is 17.7. The predicted octanol–water partition coefficient (Wildman–Crippen LogP) is 3.65. The molecule has 1 saturated heterocycles. The Balaban J connectivity index is 1.40. The standard InChI is InChI=1S/C21H28N2O/c22-20-8-6-19(7-9-20)21(24)12-15-23-13-10-18(11-14-23)16-17-4-2-1-3-5-17/h1-9,18,21,24H,10-16,22H2. The van der Waals surface area contributed by atoms with Gasteiger partial charge >= 0.3 is 0 Å². The topological polar surface area (TPSA) is 49.5 Å². The largest absolute Gasteiger partial charge is 0.399 e. The van der Waals surface area contributed by atoms with Gasteiger partial charge in [-0.1, -0.05) is 42.5 Å². The van der Waals surface area contributed by atoms with E-state index >= 15 is 0 Å². The summed E-state index contributed by atoms with van der Waals surface area (Å²) in [5, 5.41) is 10.3. The zero-order valence-electron chi connectivity index (χ0n) is 14.3. The van der Waals surface area contributed by atoms with E-state index in [4.69, 9.17) is 5.73 Å². The third-order valence-corrected chi connectivity index (χ3v) is 5.11. The van der Waals surface area contributed by atoms with Gasteiger partial charge in [0.25, 0.3) is 0 Å². The van der Waals surface area contributed by atoms with Crippen LogP contribution in [0.1, 0.15) is 36.5 Å². The molecule has 2 aromatic carbocycles. The fourth-order valence-electron chi connectivity index (χ4n) is 3.55. The van der Waals surface area contributed by atoms with Crippen LogP contribution >= 0.6 is 0 Å². The van der Waals surface area contributed by atoms with Crippen LogP contribution in [-0.2, 0) is 6.42 Å². The van der Waals surface area contributed by atoms with Gasteiger partial charge in [0.2, 0.25) is 0 Å². The predicted molar refractivity (Wildman–Crippen MR) is 99.7 cm³/mol. The summed E-state index contributed by atoms with van der Waals surface area (Å²) in [6.07, 6.45) is 4.10. The first-order valence-electron chi connectivity index (χ1n) is 9.00. The first kappa shape index (κ1) is 17.0. The van der Waals surface area contributed by atoms with E-state index in [1.54, 1.807) is 0 Å². The molecule has 0 amide bonds. The summed E-state index contributed by atoms with van der Waals surface area (Å²) >= 11 is 0. The molecular formula is C21H28N2O. The Labute approximate surface area is 145 Å². The van der Waals surface area contributed by atoms with Gasteiger partial charge in [-0.15, -0.1) is 0 Å². The monoisotopic (exact) mass is 324 g/mol. The van der Waals surface area contributed by atoms with Crippen LogP contribution in [0.5, 0.6) is 0 Å². The van der Waals surface area contributed by atoms with Crippen molar-refractivity contribution in [3.05, 3.63) is 65.7 Å². The molecule has 1 fully saturated rings. The van der Waals surface area contributed by atoms with Crippen molar-refractivity contribution < 1.29 is 5.11 Å². The van der Waals surface area contributed by atoms with Gasteiger partial charge in [-0.2, -0.15) is 0 Å². The molecule has 3 nitrogen and oxygen atoms in total. The highest BCUT2D eigenvalue weighted by atomic mass is 16.3. The van der Waals surface area contributed by atoms with Gasteiger partial charge in [-0.3, -0.25) is 0 Å². The molecule has 1 unspecified atom stereocenters. The highest BCUT2D eigenvalue weighted by molar-refractivity contribution is 5.39. The third kappa shape index (κ3) is 4.83. The van der Waals surface area contributed by atoms with E-state index < -0.39 is 6.10 Å². The Morgan fingerprint density at radius 1 is 1.00 bits per heavy atom. The van der Waals surface area contributed by atoms with E-state index in [0.29, 0.717) is 0 Å². The molecule has 3 rings (SSSR count). The van der Waals surface area contributed by atoms with Crippen LogP contribution < -0.4 is 5.73 Å². The van der Waals surface area contributed by atoms with Crippen molar-refractivity contribution in [2.75, 3.05) is 25.4 Å². The quantitative estimate of drug-likeness (QED) is 0.798. The highest BCUT2D eigenvalue weighted by Gasteiger charge is 2.20. The summed E-state index contributed by atoms with van der Waals surface area (Å²) < 4.78 is 0. The van der Waals surface area contributed by atoms with Crippen LogP contribution in [0.2, 0.25) is 0 Å². The van der Waals surface area contributed by atoms with Crippen LogP contribution in [-0.4, -0.2) is 29.6 Å². The Morgan fingerprint density at radius 3 is 2.33 bits per heavy atom. The first-order chi connectivity index (χ1) is 11.7. The summed E-state index contributed by atoms with van der Waals surface area (Å²) in [6, 6.07) is 18.4. The highest BCUT2D eigenvalue weighted by Crippen LogP contribution is 2.23. The Kier molecular flexibility index (Phi) is 5.89. The van der Waals surface area contributed by atoms with Crippen LogP contribution in [0.15, 0.2) is 54.6 Å². The number of nitrogens with two attached hydrogens (primary N) is 1. The van der Waals surface area contributed by atoms with Gasteiger partial charge in [0, 0.05) is 12.2 Å². The number of anilines is 1. The smallest absolute Gasteiger partial charge is 0.0802 e. The van der Waals surface area contributed by atoms with E-state index in [-0.39, 0.29) is 0 Å². The third-order valence-electron chi connectivity index (χ3n) is 5.11. The summed E-state index contributed by atoms with van der Waals surface area (Å²) in [4.78, 5) is 2.49. The number of hydrogen-bond acceptors (Lipinski definition) is 3. The fraction of sp³-hybridized carbons (Fsp3) is 0.429. The lowest BCUT2D eigenvalue weighted by Crippen LogP contribution is -2.35. The van der Waals surface area contributed by atoms with E-state index in [0.717, 1.165) is 43.2 Å². The maximum absolute atomic E-state index is 10.3. The van der Waals surface area contributed by atoms with E-state index in [1.165, 1.54) is 24.8 Å². The second kappa shape index (κ2) is 8.32. The lowest BCUT2D eigenvalue weighted by Gasteiger charge is -2.32. The van der Waals surface area contributed by atoms with Gasteiger partial charge in [0.15, 0.2) is 0 Å². The molecule has 0 spiro atoms. The summed E-state index contributed by atoms with van der Waals surface area (Å²) in [5.74, 6) is 0.797. The molecule has 2 aromatic rings. The number of rotatable bonds is 6. The zero-order valence-corrected chi connectivity index (χ0v) is 14.3. The second-order valence-corrected chi connectivity index (χ2v) is 6.95. The Bertz CT molecular complexity index is 603. The SMILES string of the molecule is Nc1ccc(C(O)CCN2CCC(Cc3ccccc3)CC2)cc1. The maximum atomic E-state index is 10.3. The number of nitrogens with zero attached hydrogens (tertiary/aromatic N) is 1. The number of nitrogen functional groups attached to an aromatic ring is 1. The summed E-state index contributed by atoms with van der Waals surface area (Å²) in [6.45, 7) is 3.25. The maximum Gasteiger partial charge on any atom is 0.0802 e. The average Bonchev–Trinajstić information content (AvgIpc) is 2.62. The van der Waals surface area contributed by atoms with Crippen molar-refractivity contribution >= 4 is 5.69 Å². The number of aliphatic hydroxyl groups excluding tert-OH is 1. The van der Waals surface area contributed by atoms with Gasteiger partial charge in [-0.25, -0.2) is 0 Å². The Hall–Kier alpha value is -1.84. The molecule has 1 atom stereocenters. The average molecular weight is 324 g/mol. The van der Waals surface area contributed by atoms with Crippen molar-refractivity contribution in [2.45, 2.75) is 31.8 Å². The van der Waals surface area contributed by atoms with Crippen molar-refractivity contribution in [1.82, 2.24) is 4.90 Å². The minimum Gasteiger partial charge on any atom is -0.399 e. The molecule has 0 radical (unpaired) electrons. The fourth-order valence-corrected chi connectivity index (χ4v) is 3.55. The minimum atomic E-state index is -0.396. The minimum absolute atomic E-state index is 0.396. The molecule has 1 aliphatic rings. The van der Waals surface area contributed by atoms with Crippen LogP contribution in [0.25, 0.3) is 0 Å². The molecule has 0 bridgehead atoms.